The van der Waals surface area contributed by atoms with E-state index in [-0.39, 0.29) is 0 Å². The minimum absolute atomic E-state index is 0.568. The van der Waals surface area contributed by atoms with E-state index in [1.165, 1.54) is 12.8 Å². The first-order valence-corrected chi connectivity index (χ1v) is 5.39. The summed E-state index contributed by atoms with van der Waals surface area (Å²) in [5, 5.41) is 3.19. The first-order valence-electron chi connectivity index (χ1n) is 4.60. The number of halogens is 1. The summed E-state index contributed by atoms with van der Waals surface area (Å²) in [4.78, 5) is 8.34. The van der Waals surface area contributed by atoms with Crippen LogP contribution in [0.5, 0.6) is 5.88 Å². The van der Waals surface area contributed by atoms with E-state index in [9.17, 15) is 0 Å². The van der Waals surface area contributed by atoms with E-state index in [0.717, 1.165) is 16.9 Å². The maximum absolute atomic E-state index is 5.07. The molecule has 0 atom stereocenters. The van der Waals surface area contributed by atoms with Gasteiger partial charge in [-0.2, -0.15) is 4.98 Å². The van der Waals surface area contributed by atoms with Crippen molar-refractivity contribution in [2.24, 2.45) is 5.92 Å². The number of nitrogens with zero attached hydrogens (tertiary/aromatic N) is 2. The Morgan fingerprint density at radius 2 is 2.43 bits per heavy atom. The first-order chi connectivity index (χ1) is 6.79. The lowest BCUT2D eigenvalue weighted by Crippen LogP contribution is -2.07. The summed E-state index contributed by atoms with van der Waals surface area (Å²) in [6.45, 7) is 0.963. The van der Waals surface area contributed by atoms with Crippen molar-refractivity contribution in [1.29, 1.82) is 0 Å². The van der Waals surface area contributed by atoms with Gasteiger partial charge in [0.2, 0.25) is 11.8 Å². The standard InChI is InChI=1S/C9H12BrN3O/c1-14-8-7(10)5-12-9(13-8)11-4-6-2-3-6/h5-6H,2-4H2,1H3,(H,11,12,13). The molecule has 1 aromatic heterocycles. The van der Waals surface area contributed by atoms with Crippen molar-refractivity contribution in [3.05, 3.63) is 10.7 Å². The van der Waals surface area contributed by atoms with Gasteiger partial charge >= 0.3 is 0 Å². The highest BCUT2D eigenvalue weighted by Crippen LogP contribution is 2.29. The van der Waals surface area contributed by atoms with Crippen LogP contribution in [0.1, 0.15) is 12.8 Å². The lowest BCUT2D eigenvalue weighted by atomic mass is 10.4. The van der Waals surface area contributed by atoms with E-state index in [4.69, 9.17) is 4.74 Å². The molecule has 1 aliphatic rings. The summed E-state index contributed by atoms with van der Waals surface area (Å²) in [5.74, 6) is 2.02. The van der Waals surface area contributed by atoms with E-state index >= 15 is 0 Å². The van der Waals surface area contributed by atoms with Crippen molar-refractivity contribution >= 4 is 21.9 Å². The van der Waals surface area contributed by atoms with E-state index in [1.807, 2.05) is 0 Å². The number of hydrogen-bond acceptors (Lipinski definition) is 4. The van der Waals surface area contributed by atoms with Crippen LogP contribution < -0.4 is 10.1 Å². The Hall–Kier alpha value is -0.840. The van der Waals surface area contributed by atoms with Crippen LogP contribution in [0.15, 0.2) is 10.7 Å². The van der Waals surface area contributed by atoms with Crippen molar-refractivity contribution in [2.45, 2.75) is 12.8 Å². The summed E-state index contributed by atoms with van der Waals surface area (Å²) in [7, 11) is 1.60. The summed E-state index contributed by atoms with van der Waals surface area (Å²) >= 11 is 3.31. The Balaban J connectivity index is 2.01. The molecule has 2 rings (SSSR count). The summed E-state index contributed by atoms with van der Waals surface area (Å²) < 4.78 is 5.85. The van der Waals surface area contributed by atoms with Crippen LogP contribution in [0.4, 0.5) is 5.95 Å². The zero-order valence-corrected chi connectivity index (χ0v) is 9.54. The quantitative estimate of drug-likeness (QED) is 0.898. The summed E-state index contributed by atoms with van der Waals surface area (Å²) in [5.41, 5.74) is 0. The molecular formula is C9H12BrN3O. The molecule has 0 amide bonds. The maximum Gasteiger partial charge on any atom is 0.232 e. The molecule has 0 saturated heterocycles. The monoisotopic (exact) mass is 257 g/mol. The molecule has 0 bridgehead atoms. The molecule has 1 fully saturated rings. The lowest BCUT2D eigenvalue weighted by molar-refractivity contribution is 0.394. The minimum Gasteiger partial charge on any atom is -0.480 e. The zero-order chi connectivity index (χ0) is 9.97. The lowest BCUT2D eigenvalue weighted by Gasteiger charge is -2.05. The van der Waals surface area contributed by atoms with E-state index in [0.29, 0.717) is 11.8 Å². The topological polar surface area (TPSA) is 47.0 Å². The number of methoxy groups -OCH3 is 1. The van der Waals surface area contributed by atoms with Crippen LogP contribution in [-0.2, 0) is 0 Å². The molecule has 14 heavy (non-hydrogen) atoms. The van der Waals surface area contributed by atoms with Gasteiger partial charge in [0.15, 0.2) is 0 Å². The first kappa shape index (κ1) is 9.71. The third kappa shape index (κ3) is 2.35. The molecule has 1 saturated carbocycles. The molecule has 76 valence electrons. The van der Waals surface area contributed by atoms with Gasteiger partial charge in [0, 0.05) is 6.54 Å². The van der Waals surface area contributed by atoms with Gasteiger partial charge in [0.25, 0.3) is 0 Å². The van der Waals surface area contributed by atoms with Crippen LogP contribution in [-0.4, -0.2) is 23.6 Å². The molecular weight excluding hydrogens is 246 g/mol. The molecule has 1 aliphatic carbocycles. The number of anilines is 1. The van der Waals surface area contributed by atoms with E-state index in [2.05, 4.69) is 31.2 Å². The fourth-order valence-electron chi connectivity index (χ4n) is 1.14. The highest BCUT2D eigenvalue weighted by molar-refractivity contribution is 9.10. The van der Waals surface area contributed by atoms with Gasteiger partial charge in [-0.15, -0.1) is 0 Å². The van der Waals surface area contributed by atoms with Gasteiger partial charge < -0.3 is 10.1 Å². The Kier molecular flexibility index (Phi) is 2.86. The third-order valence-corrected chi connectivity index (χ3v) is 2.69. The normalized spacial score (nSPS) is 15.3. The molecule has 4 nitrogen and oxygen atoms in total. The van der Waals surface area contributed by atoms with Gasteiger partial charge in [0.1, 0.15) is 0 Å². The van der Waals surface area contributed by atoms with E-state index in [1.54, 1.807) is 13.3 Å². The molecule has 0 aliphatic heterocycles. The second-order valence-electron chi connectivity index (χ2n) is 3.38. The van der Waals surface area contributed by atoms with Crippen molar-refractivity contribution in [3.63, 3.8) is 0 Å². The van der Waals surface area contributed by atoms with Crippen LogP contribution in [0.25, 0.3) is 0 Å². The molecule has 5 heteroatoms. The minimum atomic E-state index is 0.568. The second kappa shape index (κ2) is 4.13. The van der Waals surface area contributed by atoms with Gasteiger partial charge in [-0.25, -0.2) is 4.98 Å². The van der Waals surface area contributed by atoms with Crippen LogP contribution in [0.2, 0.25) is 0 Å². The Morgan fingerprint density at radius 3 is 3.07 bits per heavy atom. The summed E-state index contributed by atoms with van der Waals surface area (Å²) in [6, 6.07) is 0. The van der Waals surface area contributed by atoms with Gasteiger partial charge in [0.05, 0.1) is 17.8 Å². The maximum atomic E-state index is 5.07. The highest BCUT2D eigenvalue weighted by atomic mass is 79.9. The molecule has 1 N–H and O–H groups in total. The smallest absolute Gasteiger partial charge is 0.232 e. The molecule has 0 radical (unpaired) electrons. The van der Waals surface area contributed by atoms with Crippen LogP contribution in [0.3, 0.4) is 0 Å². The fourth-order valence-corrected chi connectivity index (χ4v) is 1.49. The number of ether oxygens (including phenoxy) is 1. The number of nitrogens with one attached hydrogen (secondary N) is 1. The molecule has 0 aromatic carbocycles. The second-order valence-corrected chi connectivity index (χ2v) is 4.23. The third-order valence-electron chi connectivity index (χ3n) is 2.15. The van der Waals surface area contributed by atoms with Crippen molar-refractivity contribution in [3.8, 4) is 5.88 Å². The van der Waals surface area contributed by atoms with Crippen molar-refractivity contribution < 1.29 is 4.74 Å². The predicted octanol–water partition coefficient (Wildman–Crippen LogP) is 2.07. The Labute approximate surface area is 91.2 Å². The largest absolute Gasteiger partial charge is 0.480 e. The average molecular weight is 258 g/mol. The zero-order valence-electron chi connectivity index (χ0n) is 7.96. The average Bonchev–Trinajstić information content (AvgIpc) is 3.00. The number of rotatable bonds is 4. The summed E-state index contributed by atoms with van der Waals surface area (Å²) in [6.07, 6.45) is 4.34. The Morgan fingerprint density at radius 1 is 1.64 bits per heavy atom. The molecule has 0 spiro atoms. The van der Waals surface area contributed by atoms with Gasteiger partial charge in [-0.3, -0.25) is 0 Å². The Bertz CT molecular complexity index is 328. The number of hydrogen-bond donors (Lipinski definition) is 1. The van der Waals surface area contributed by atoms with Crippen molar-refractivity contribution in [1.82, 2.24) is 9.97 Å². The predicted molar refractivity (Wildman–Crippen MR) is 57.5 cm³/mol. The van der Waals surface area contributed by atoms with E-state index < -0.39 is 0 Å². The van der Waals surface area contributed by atoms with Gasteiger partial charge in [-0.05, 0) is 34.7 Å². The molecule has 1 heterocycles. The SMILES string of the molecule is COc1nc(NCC2CC2)ncc1Br. The number of aromatic nitrogens is 2. The molecule has 0 unspecified atom stereocenters. The highest BCUT2D eigenvalue weighted by Gasteiger charge is 2.21. The molecule has 1 aromatic rings. The fraction of sp³-hybridized carbons (Fsp3) is 0.556. The van der Waals surface area contributed by atoms with Gasteiger partial charge in [-0.1, -0.05) is 0 Å². The van der Waals surface area contributed by atoms with Crippen molar-refractivity contribution in [2.75, 3.05) is 19.0 Å². The van der Waals surface area contributed by atoms with Crippen LogP contribution >= 0.6 is 15.9 Å². The van der Waals surface area contributed by atoms with Crippen LogP contribution in [0, 0.1) is 5.92 Å².